The molecule has 0 bridgehead atoms. The van der Waals surface area contributed by atoms with Crippen LogP contribution in [0.4, 0.5) is 10.5 Å². The predicted octanol–water partition coefficient (Wildman–Crippen LogP) is -0.710. The predicted molar refractivity (Wildman–Crippen MR) is 73.1 cm³/mol. The average molecular weight is 317 g/mol. The van der Waals surface area contributed by atoms with Gasteiger partial charge in [0, 0.05) is 5.69 Å². The molecule has 0 heterocycles. The molecule has 1 aromatic rings. The van der Waals surface area contributed by atoms with E-state index < -0.39 is 34.2 Å². The van der Waals surface area contributed by atoms with E-state index in [0.717, 1.165) is 0 Å². The molecule has 0 aromatic heterocycles. The summed E-state index contributed by atoms with van der Waals surface area (Å²) in [4.78, 5) is 22.3. The molecule has 2 atom stereocenters. The molecule has 1 rings (SSSR count). The minimum atomic E-state index is -3.83. The number of urea groups is 1. The van der Waals surface area contributed by atoms with Gasteiger partial charge in [-0.05, 0) is 31.2 Å². The van der Waals surface area contributed by atoms with Crippen molar-refractivity contribution in [2.45, 2.75) is 24.0 Å². The van der Waals surface area contributed by atoms with Gasteiger partial charge in [0.1, 0.15) is 0 Å². The number of nitrogens with one attached hydrogen (secondary N) is 2. The number of carboxylic acids is 1. The lowest BCUT2D eigenvalue weighted by molar-refractivity contribution is -0.141. The van der Waals surface area contributed by atoms with Gasteiger partial charge in [0.25, 0.3) is 0 Å². The van der Waals surface area contributed by atoms with E-state index in [9.17, 15) is 23.1 Å². The molecule has 0 aliphatic heterocycles. The van der Waals surface area contributed by atoms with Crippen LogP contribution in [0.15, 0.2) is 29.2 Å². The molecule has 0 aliphatic rings. The molecule has 2 amide bonds. The third kappa shape index (κ3) is 5.02. The van der Waals surface area contributed by atoms with E-state index in [1.54, 1.807) is 0 Å². The number of hydrogen-bond donors (Lipinski definition) is 5. The number of rotatable bonds is 5. The van der Waals surface area contributed by atoms with E-state index in [-0.39, 0.29) is 10.6 Å². The van der Waals surface area contributed by atoms with Crippen LogP contribution >= 0.6 is 0 Å². The molecule has 2 unspecified atom stereocenters. The number of aliphatic carboxylic acids is 1. The summed E-state index contributed by atoms with van der Waals surface area (Å²) in [5, 5.41) is 27.3. The average Bonchev–Trinajstić information content (AvgIpc) is 2.34. The van der Waals surface area contributed by atoms with E-state index >= 15 is 0 Å². The summed E-state index contributed by atoms with van der Waals surface area (Å²) in [6.07, 6.45) is -1.28. The minimum Gasteiger partial charge on any atom is -0.480 e. The smallest absolute Gasteiger partial charge is 0.328 e. The number of hydrogen-bond acceptors (Lipinski definition) is 5. The standard InChI is InChI=1S/C11H15N3O6S/c1-6(15)9(10(16)17)14-11(18)13-7-2-4-8(5-3-7)21(12,19)20/h2-6,9,15H,1H3,(H,16,17)(H2,12,19,20)(H2,13,14,18). The fourth-order valence-electron chi connectivity index (χ4n) is 1.43. The highest BCUT2D eigenvalue weighted by molar-refractivity contribution is 7.89. The number of carbonyl (C=O) groups excluding carboxylic acids is 1. The largest absolute Gasteiger partial charge is 0.480 e. The molecule has 0 aliphatic carbocycles. The molecule has 9 nitrogen and oxygen atoms in total. The molecule has 0 saturated carbocycles. The number of carbonyl (C=O) groups is 2. The Morgan fingerprint density at radius 2 is 1.76 bits per heavy atom. The van der Waals surface area contributed by atoms with Crippen LogP contribution in [0.5, 0.6) is 0 Å². The van der Waals surface area contributed by atoms with Crippen molar-refractivity contribution in [3.63, 3.8) is 0 Å². The molecule has 0 spiro atoms. The van der Waals surface area contributed by atoms with Gasteiger partial charge in [0.05, 0.1) is 11.0 Å². The van der Waals surface area contributed by atoms with Crippen molar-refractivity contribution < 1.29 is 28.2 Å². The summed E-state index contributed by atoms with van der Waals surface area (Å²) < 4.78 is 22.1. The SMILES string of the molecule is CC(O)C(NC(=O)Nc1ccc(S(N)(=O)=O)cc1)C(=O)O. The van der Waals surface area contributed by atoms with Crippen LogP contribution in [-0.4, -0.2) is 42.8 Å². The summed E-state index contributed by atoms with van der Waals surface area (Å²) in [7, 11) is -3.83. The number of sulfonamides is 1. The number of nitrogens with two attached hydrogens (primary N) is 1. The van der Waals surface area contributed by atoms with Crippen LogP contribution in [0.1, 0.15) is 6.92 Å². The Morgan fingerprint density at radius 1 is 1.24 bits per heavy atom. The summed E-state index contributed by atoms with van der Waals surface area (Å²) in [5.74, 6) is -1.38. The number of primary sulfonamides is 1. The molecule has 6 N–H and O–H groups in total. The Kier molecular flexibility index (Phi) is 5.24. The van der Waals surface area contributed by atoms with Crippen LogP contribution in [0.2, 0.25) is 0 Å². The summed E-state index contributed by atoms with van der Waals surface area (Å²) >= 11 is 0. The van der Waals surface area contributed by atoms with Gasteiger partial charge in [-0.25, -0.2) is 23.1 Å². The first kappa shape index (κ1) is 16.9. The van der Waals surface area contributed by atoms with Gasteiger partial charge in [0.15, 0.2) is 6.04 Å². The van der Waals surface area contributed by atoms with E-state index in [0.29, 0.717) is 0 Å². The zero-order valence-electron chi connectivity index (χ0n) is 11.0. The highest BCUT2D eigenvalue weighted by Crippen LogP contribution is 2.12. The highest BCUT2D eigenvalue weighted by Gasteiger charge is 2.24. The second-order valence-corrected chi connectivity index (χ2v) is 5.79. The summed E-state index contributed by atoms with van der Waals surface area (Å²) in [6, 6.07) is 2.64. The number of carboxylic acid groups (broad SMARTS) is 1. The van der Waals surface area contributed by atoms with E-state index in [1.165, 1.54) is 31.2 Å². The molecule has 116 valence electrons. The van der Waals surface area contributed by atoms with Crippen LogP contribution in [0.25, 0.3) is 0 Å². The van der Waals surface area contributed by atoms with Crippen molar-refractivity contribution in [3.05, 3.63) is 24.3 Å². The van der Waals surface area contributed by atoms with Crippen molar-refractivity contribution in [3.8, 4) is 0 Å². The maximum atomic E-state index is 11.6. The van der Waals surface area contributed by atoms with Crippen molar-refractivity contribution in [2.24, 2.45) is 5.14 Å². The van der Waals surface area contributed by atoms with E-state index in [2.05, 4.69) is 10.6 Å². The molecule has 1 aromatic carbocycles. The molecule has 0 saturated heterocycles. The van der Waals surface area contributed by atoms with Gasteiger partial charge in [-0.3, -0.25) is 0 Å². The molecule has 10 heteroatoms. The fourth-order valence-corrected chi connectivity index (χ4v) is 1.94. The summed E-state index contributed by atoms with van der Waals surface area (Å²) in [5.41, 5.74) is 0.231. The third-order valence-corrected chi connectivity index (χ3v) is 3.41. The highest BCUT2D eigenvalue weighted by atomic mass is 32.2. The lowest BCUT2D eigenvalue weighted by Gasteiger charge is -2.17. The lowest BCUT2D eigenvalue weighted by atomic mass is 10.2. The van der Waals surface area contributed by atoms with Crippen LogP contribution in [0.3, 0.4) is 0 Å². The van der Waals surface area contributed by atoms with Crippen LogP contribution in [0, 0.1) is 0 Å². The van der Waals surface area contributed by atoms with Gasteiger partial charge in [-0.1, -0.05) is 0 Å². The van der Waals surface area contributed by atoms with Crippen molar-refractivity contribution in [1.29, 1.82) is 0 Å². The molecule has 21 heavy (non-hydrogen) atoms. The first-order valence-corrected chi connectivity index (χ1v) is 7.27. The van der Waals surface area contributed by atoms with Gasteiger partial charge < -0.3 is 20.8 Å². The quantitative estimate of drug-likeness (QED) is 0.482. The molecular weight excluding hydrogens is 302 g/mol. The van der Waals surface area contributed by atoms with Crippen molar-refractivity contribution in [1.82, 2.24) is 5.32 Å². The second-order valence-electron chi connectivity index (χ2n) is 4.22. The number of benzene rings is 1. The zero-order valence-corrected chi connectivity index (χ0v) is 11.8. The Bertz CT molecular complexity index is 626. The van der Waals surface area contributed by atoms with E-state index in [1.807, 2.05) is 0 Å². The van der Waals surface area contributed by atoms with Crippen LogP contribution < -0.4 is 15.8 Å². The number of aliphatic hydroxyl groups excluding tert-OH is 1. The molecular formula is C11H15N3O6S. The van der Waals surface area contributed by atoms with Crippen molar-refractivity contribution in [2.75, 3.05) is 5.32 Å². The number of aliphatic hydroxyl groups is 1. The zero-order chi connectivity index (χ0) is 16.2. The second kappa shape index (κ2) is 6.52. The van der Waals surface area contributed by atoms with E-state index in [4.69, 9.17) is 10.2 Å². The van der Waals surface area contributed by atoms with Crippen LogP contribution in [-0.2, 0) is 14.8 Å². The normalized spacial score (nSPS) is 14.0. The van der Waals surface area contributed by atoms with Gasteiger partial charge >= 0.3 is 12.0 Å². The van der Waals surface area contributed by atoms with Gasteiger partial charge in [-0.2, -0.15) is 0 Å². The first-order valence-electron chi connectivity index (χ1n) is 5.72. The summed E-state index contributed by atoms with van der Waals surface area (Å²) in [6.45, 7) is 1.22. The number of amides is 2. The maximum absolute atomic E-state index is 11.6. The maximum Gasteiger partial charge on any atom is 0.328 e. The Balaban J connectivity index is 2.73. The topological polar surface area (TPSA) is 159 Å². The first-order chi connectivity index (χ1) is 9.61. The Morgan fingerprint density at radius 3 is 2.14 bits per heavy atom. The third-order valence-electron chi connectivity index (χ3n) is 2.48. The lowest BCUT2D eigenvalue weighted by Crippen LogP contribution is -2.49. The molecule has 0 fully saturated rings. The van der Waals surface area contributed by atoms with Gasteiger partial charge in [0.2, 0.25) is 10.0 Å². The Hall–Kier alpha value is -2.17. The number of anilines is 1. The molecule has 0 radical (unpaired) electrons. The monoisotopic (exact) mass is 317 g/mol. The van der Waals surface area contributed by atoms with Gasteiger partial charge in [-0.15, -0.1) is 0 Å². The Labute approximate surface area is 120 Å². The van der Waals surface area contributed by atoms with Crippen molar-refractivity contribution >= 4 is 27.7 Å². The fraction of sp³-hybridized carbons (Fsp3) is 0.273. The minimum absolute atomic E-state index is 0.124.